The summed E-state index contributed by atoms with van der Waals surface area (Å²) in [5, 5.41) is 32.7. The van der Waals surface area contributed by atoms with Crippen LogP contribution in [0.4, 0.5) is 0 Å². The monoisotopic (exact) mass is 444 g/mol. The topological polar surface area (TPSA) is 199 Å². The first kappa shape index (κ1) is 26.3. The van der Waals surface area contributed by atoms with Crippen molar-refractivity contribution in [2.75, 3.05) is 6.54 Å². The molecule has 176 valence electrons. The van der Waals surface area contributed by atoms with Crippen LogP contribution in [0.25, 0.3) is 0 Å². The van der Waals surface area contributed by atoms with Crippen LogP contribution in [0.1, 0.15) is 46.5 Å². The molecule has 1 saturated heterocycles. The van der Waals surface area contributed by atoms with E-state index in [-0.39, 0.29) is 25.3 Å². The van der Waals surface area contributed by atoms with Crippen LogP contribution in [0.2, 0.25) is 0 Å². The van der Waals surface area contributed by atoms with E-state index in [2.05, 4.69) is 10.6 Å². The molecule has 1 fully saturated rings. The molecular weight excluding hydrogens is 412 g/mol. The van der Waals surface area contributed by atoms with E-state index >= 15 is 0 Å². The van der Waals surface area contributed by atoms with Gasteiger partial charge in [0, 0.05) is 13.0 Å². The van der Waals surface area contributed by atoms with Crippen molar-refractivity contribution in [3.8, 4) is 0 Å². The summed E-state index contributed by atoms with van der Waals surface area (Å²) in [5.74, 6) is -4.83. The zero-order valence-corrected chi connectivity index (χ0v) is 17.9. The minimum absolute atomic E-state index is 0.180. The molecule has 5 unspecified atom stereocenters. The number of rotatable bonds is 11. The van der Waals surface area contributed by atoms with E-state index in [9.17, 15) is 34.2 Å². The molecule has 12 nitrogen and oxygen atoms in total. The number of nitrogens with zero attached hydrogens (tertiary/aromatic N) is 1. The molecule has 31 heavy (non-hydrogen) atoms. The summed E-state index contributed by atoms with van der Waals surface area (Å²) in [6.45, 7) is 4.96. The average molecular weight is 444 g/mol. The van der Waals surface area contributed by atoms with Gasteiger partial charge in [-0.05, 0) is 32.1 Å². The fourth-order valence-corrected chi connectivity index (χ4v) is 3.22. The number of aliphatic carboxylic acids is 2. The van der Waals surface area contributed by atoms with E-state index in [1.807, 2.05) is 0 Å². The largest absolute Gasteiger partial charge is 0.481 e. The van der Waals surface area contributed by atoms with Gasteiger partial charge in [-0.1, -0.05) is 13.8 Å². The van der Waals surface area contributed by atoms with E-state index < -0.39 is 66.4 Å². The fourth-order valence-electron chi connectivity index (χ4n) is 3.22. The third kappa shape index (κ3) is 7.47. The first-order chi connectivity index (χ1) is 14.4. The van der Waals surface area contributed by atoms with Gasteiger partial charge in [-0.15, -0.1) is 0 Å². The fraction of sp³-hybridized carbons (Fsp3) is 0.737. The molecule has 0 bridgehead atoms. The third-order valence-electron chi connectivity index (χ3n) is 5.17. The highest BCUT2D eigenvalue weighted by molar-refractivity contribution is 5.94. The van der Waals surface area contributed by atoms with Gasteiger partial charge in [0.15, 0.2) is 0 Å². The zero-order chi connectivity index (χ0) is 23.9. The van der Waals surface area contributed by atoms with Crippen molar-refractivity contribution in [1.29, 1.82) is 0 Å². The van der Waals surface area contributed by atoms with E-state index in [1.54, 1.807) is 13.8 Å². The van der Waals surface area contributed by atoms with E-state index in [0.717, 1.165) is 0 Å². The summed E-state index contributed by atoms with van der Waals surface area (Å²) >= 11 is 0. The molecule has 7 N–H and O–H groups in total. The molecular formula is C19H32N4O8. The van der Waals surface area contributed by atoms with Crippen molar-refractivity contribution in [1.82, 2.24) is 15.5 Å². The molecule has 1 heterocycles. The molecule has 0 aromatic carbocycles. The van der Waals surface area contributed by atoms with Gasteiger partial charge in [-0.2, -0.15) is 0 Å². The molecule has 5 atom stereocenters. The molecule has 12 heteroatoms. The highest BCUT2D eigenvalue weighted by Crippen LogP contribution is 2.20. The number of carboxylic acids is 2. The number of hydrogen-bond acceptors (Lipinski definition) is 7. The molecule has 1 aliphatic rings. The molecule has 0 radical (unpaired) electrons. The first-order valence-electron chi connectivity index (χ1n) is 10.2. The number of aliphatic hydroxyl groups is 1. The van der Waals surface area contributed by atoms with Crippen LogP contribution in [0.5, 0.6) is 0 Å². The highest BCUT2D eigenvalue weighted by Gasteiger charge is 2.40. The third-order valence-corrected chi connectivity index (χ3v) is 5.17. The smallest absolute Gasteiger partial charge is 0.326 e. The Morgan fingerprint density at radius 3 is 2.19 bits per heavy atom. The van der Waals surface area contributed by atoms with Gasteiger partial charge in [0.2, 0.25) is 17.7 Å². The van der Waals surface area contributed by atoms with Crippen LogP contribution >= 0.6 is 0 Å². The first-order valence-corrected chi connectivity index (χ1v) is 10.2. The Balaban J connectivity index is 2.92. The number of hydrogen-bond donors (Lipinski definition) is 6. The van der Waals surface area contributed by atoms with Crippen molar-refractivity contribution >= 4 is 29.7 Å². The van der Waals surface area contributed by atoms with Crippen molar-refractivity contribution in [3.05, 3.63) is 0 Å². The predicted octanol–water partition coefficient (Wildman–Crippen LogP) is -1.74. The molecule has 1 rings (SSSR count). The van der Waals surface area contributed by atoms with Crippen molar-refractivity contribution in [2.24, 2.45) is 11.7 Å². The normalized spacial score (nSPS) is 19.9. The lowest BCUT2D eigenvalue weighted by atomic mass is 10.0. The summed E-state index contributed by atoms with van der Waals surface area (Å²) in [4.78, 5) is 61.1. The van der Waals surface area contributed by atoms with Gasteiger partial charge in [0.05, 0.1) is 12.1 Å². The Kier molecular flexibility index (Phi) is 9.85. The Labute approximate surface area is 180 Å². The van der Waals surface area contributed by atoms with E-state index in [4.69, 9.17) is 10.8 Å². The van der Waals surface area contributed by atoms with Crippen LogP contribution in [-0.2, 0) is 24.0 Å². The highest BCUT2D eigenvalue weighted by atomic mass is 16.4. The number of carboxylic acid groups (broad SMARTS) is 2. The summed E-state index contributed by atoms with van der Waals surface area (Å²) in [7, 11) is 0. The van der Waals surface area contributed by atoms with Crippen LogP contribution < -0.4 is 16.4 Å². The van der Waals surface area contributed by atoms with Gasteiger partial charge in [-0.3, -0.25) is 19.2 Å². The number of carbonyl (C=O) groups is 5. The molecule has 0 aliphatic carbocycles. The second-order valence-electron chi connectivity index (χ2n) is 8.02. The SMILES string of the molecule is CC(C)C(N)C(=O)NC(C(=O)N1CCCC1C(=O)NC(CCC(=O)O)C(=O)O)C(C)O. The minimum Gasteiger partial charge on any atom is -0.481 e. The van der Waals surface area contributed by atoms with Crippen LogP contribution in [0.3, 0.4) is 0 Å². The maximum Gasteiger partial charge on any atom is 0.326 e. The molecule has 3 amide bonds. The van der Waals surface area contributed by atoms with Crippen molar-refractivity contribution in [2.45, 2.75) is 76.7 Å². The second kappa shape index (κ2) is 11.6. The Morgan fingerprint density at radius 2 is 1.71 bits per heavy atom. The Morgan fingerprint density at radius 1 is 1.10 bits per heavy atom. The molecule has 0 spiro atoms. The summed E-state index contributed by atoms with van der Waals surface area (Å²) < 4.78 is 0. The second-order valence-corrected chi connectivity index (χ2v) is 8.02. The van der Waals surface area contributed by atoms with Crippen molar-refractivity contribution < 1.29 is 39.3 Å². The summed E-state index contributed by atoms with van der Waals surface area (Å²) in [6, 6.07) is -4.64. The molecule has 0 aromatic heterocycles. The van der Waals surface area contributed by atoms with Gasteiger partial charge in [0.25, 0.3) is 0 Å². The lowest BCUT2D eigenvalue weighted by molar-refractivity contribution is -0.146. The minimum atomic E-state index is -1.42. The molecule has 1 aliphatic heterocycles. The van der Waals surface area contributed by atoms with Crippen LogP contribution in [0, 0.1) is 5.92 Å². The quantitative estimate of drug-likeness (QED) is 0.214. The lowest BCUT2D eigenvalue weighted by Gasteiger charge is -2.31. The summed E-state index contributed by atoms with van der Waals surface area (Å²) in [5.41, 5.74) is 5.79. The number of amides is 3. The lowest BCUT2D eigenvalue weighted by Crippen LogP contribution is -2.60. The number of aliphatic hydroxyl groups excluding tert-OH is 1. The standard InChI is InChI=1S/C19H32N4O8/c1-9(2)14(20)17(28)22-15(10(3)24)18(29)23-8-4-5-12(23)16(27)21-11(19(30)31)6-7-13(25)26/h9-12,14-15,24H,4-8,20H2,1-3H3,(H,21,27)(H,22,28)(H,25,26)(H,30,31). The van der Waals surface area contributed by atoms with Crippen molar-refractivity contribution in [3.63, 3.8) is 0 Å². The number of carbonyl (C=O) groups excluding carboxylic acids is 3. The van der Waals surface area contributed by atoms with Gasteiger partial charge in [-0.25, -0.2) is 4.79 Å². The number of nitrogens with two attached hydrogens (primary N) is 1. The van der Waals surface area contributed by atoms with E-state index in [1.165, 1.54) is 11.8 Å². The summed E-state index contributed by atoms with van der Waals surface area (Å²) in [6.07, 6.45) is -1.30. The zero-order valence-electron chi connectivity index (χ0n) is 17.9. The predicted molar refractivity (Wildman–Crippen MR) is 108 cm³/mol. The molecule has 0 aromatic rings. The Hall–Kier alpha value is -2.73. The van der Waals surface area contributed by atoms with Crippen LogP contribution in [0.15, 0.2) is 0 Å². The number of nitrogens with one attached hydrogen (secondary N) is 2. The van der Waals surface area contributed by atoms with Gasteiger partial charge < -0.3 is 36.6 Å². The number of likely N-dealkylation sites (tertiary alicyclic amines) is 1. The maximum absolute atomic E-state index is 13.0. The average Bonchev–Trinajstić information content (AvgIpc) is 3.16. The van der Waals surface area contributed by atoms with Gasteiger partial charge >= 0.3 is 11.9 Å². The Bertz CT molecular complexity index is 696. The van der Waals surface area contributed by atoms with E-state index in [0.29, 0.717) is 6.42 Å². The maximum atomic E-state index is 13.0. The van der Waals surface area contributed by atoms with Gasteiger partial charge in [0.1, 0.15) is 18.1 Å². The van der Waals surface area contributed by atoms with Crippen LogP contribution in [-0.4, -0.2) is 86.7 Å². The molecule has 0 saturated carbocycles.